The van der Waals surface area contributed by atoms with Gasteiger partial charge in [0.25, 0.3) is 0 Å². The summed E-state index contributed by atoms with van der Waals surface area (Å²) in [4.78, 5) is 0. The third-order valence-electron chi connectivity index (χ3n) is 2.55. The van der Waals surface area contributed by atoms with Gasteiger partial charge in [0.15, 0.2) is 0 Å². The molecule has 0 aromatic carbocycles. The minimum absolute atomic E-state index is 0.560. The molecule has 0 radical (unpaired) electrons. The molecule has 1 fully saturated rings. The van der Waals surface area contributed by atoms with Crippen LogP contribution in [0.1, 0.15) is 12.8 Å². The first-order chi connectivity index (χ1) is 4.42. The second kappa shape index (κ2) is 1.82. The molecule has 9 heavy (non-hydrogen) atoms. The Morgan fingerprint density at radius 2 is 1.78 bits per heavy atom. The van der Waals surface area contributed by atoms with E-state index < -0.39 is 0 Å². The Balaban J connectivity index is 2.15. The van der Waals surface area contributed by atoms with Crippen molar-refractivity contribution in [2.24, 2.45) is 17.7 Å². The van der Waals surface area contributed by atoms with E-state index in [4.69, 9.17) is 5.84 Å². The van der Waals surface area contributed by atoms with Crippen molar-refractivity contribution in [1.29, 1.82) is 0 Å². The van der Waals surface area contributed by atoms with Gasteiger partial charge in [-0.2, -0.15) is 0 Å². The van der Waals surface area contributed by atoms with Gasteiger partial charge in [-0.1, -0.05) is 12.2 Å². The number of hydrazine groups is 1. The average molecular weight is 124 g/mol. The zero-order valence-corrected chi connectivity index (χ0v) is 5.38. The Hall–Kier alpha value is -0.340. The van der Waals surface area contributed by atoms with Gasteiger partial charge in [0.2, 0.25) is 0 Å². The first-order valence-electron chi connectivity index (χ1n) is 3.56. The third kappa shape index (κ3) is 0.635. The molecule has 2 aliphatic carbocycles. The van der Waals surface area contributed by atoms with Crippen LogP contribution in [0.5, 0.6) is 0 Å². The fraction of sp³-hybridized carbons (Fsp3) is 0.714. The molecule has 2 heteroatoms. The van der Waals surface area contributed by atoms with Gasteiger partial charge in [-0.15, -0.1) is 0 Å². The lowest BCUT2D eigenvalue weighted by atomic mass is 10.1. The van der Waals surface area contributed by atoms with Crippen LogP contribution in [-0.2, 0) is 0 Å². The highest BCUT2D eigenvalue weighted by Gasteiger charge is 2.36. The molecule has 1 saturated carbocycles. The molecule has 3 N–H and O–H groups in total. The molecule has 0 aromatic heterocycles. The maximum Gasteiger partial charge on any atom is 0.0335 e. The zero-order valence-electron chi connectivity index (χ0n) is 5.38. The topological polar surface area (TPSA) is 38.0 Å². The van der Waals surface area contributed by atoms with Gasteiger partial charge < -0.3 is 0 Å². The molecule has 2 rings (SSSR count). The predicted molar refractivity (Wildman–Crippen MR) is 36.5 cm³/mol. The molecule has 2 atom stereocenters. The van der Waals surface area contributed by atoms with Gasteiger partial charge in [-0.25, -0.2) is 0 Å². The number of hydrogen-bond acceptors (Lipinski definition) is 2. The van der Waals surface area contributed by atoms with E-state index in [0.29, 0.717) is 6.04 Å². The van der Waals surface area contributed by atoms with Gasteiger partial charge in [-0.3, -0.25) is 11.3 Å². The summed E-state index contributed by atoms with van der Waals surface area (Å²) in [6, 6.07) is 0.560. The highest BCUT2D eigenvalue weighted by atomic mass is 15.2. The maximum atomic E-state index is 5.36. The van der Waals surface area contributed by atoms with E-state index in [1.807, 2.05) is 0 Å². The summed E-state index contributed by atoms with van der Waals surface area (Å²) in [7, 11) is 0. The van der Waals surface area contributed by atoms with Crippen molar-refractivity contribution in [3.05, 3.63) is 12.2 Å². The standard InChI is InChI=1S/C7H12N2/c8-9-7-5-1-2-6(7)4-3-5/h1-2,5-7,9H,3-4,8H2/t5-,6-/m1/s1. The van der Waals surface area contributed by atoms with Crippen molar-refractivity contribution >= 4 is 0 Å². The predicted octanol–water partition coefficient (Wildman–Crippen LogP) is 0.414. The molecule has 0 aliphatic heterocycles. The Morgan fingerprint density at radius 1 is 1.22 bits per heavy atom. The maximum absolute atomic E-state index is 5.36. The van der Waals surface area contributed by atoms with Crippen molar-refractivity contribution in [3.63, 3.8) is 0 Å². The zero-order chi connectivity index (χ0) is 6.27. The lowest BCUT2D eigenvalue weighted by molar-refractivity contribution is 0.447. The van der Waals surface area contributed by atoms with E-state index in [9.17, 15) is 0 Å². The van der Waals surface area contributed by atoms with E-state index in [2.05, 4.69) is 17.6 Å². The lowest BCUT2D eigenvalue weighted by Crippen LogP contribution is -2.38. The van der Waals surface area contributed by atoms with Crippen LogP contribution >= 0.6 is 0 Å². The average Bonchev–Trinajstić information content (AvgIpc) is 2.44. The molecule has 0 aromatic rings. The van der Waals surface area contributed by atoms with Crippen LogP contribution in [0.4, 0.5) is 0 Å². The Kier molecular flexibility index (Phi) is 1.10. The first-order valence-corrected chi connectivity index (χ1v) is 3.56. The van der Waals surface area contributed by atoms with Gasteiger partial charge in [0, 0.05) is 6.04 Å². The van der Waals surface area contributed by atoms with Crippen molar-refractivity contribution in [3.8, 4) is 0 Å². The smallest absolute Gasteiger partial charge is 0.0335 e. The number of hydrogen-bond donors (Lipinski definition) is 2. The summed E-state index contributed by atoms with van der Waals surface area (Å²) >= 11 is 0. The fourth-order valence-electron chi connectivity index (χ4n) is 2.03. The van der Waals surface area contributed by atoms with Crippen LogP contribution in [0, 0.1) is 11.8 Å². The number of fused-ring (bicyclic) bond motifs is 2. The molecule has 0 amide bonds. The molecule has 2 aliphatic rings. The first kappa shape index (κ1) is 5.45. The number of nitrogens with one attached hydrogen (secondary N) is 1. The molecule has 0 spiro atoms. The molecule has 0 unspecified atom stereocenters. The van der Waals surface area contributed by atoms with Crippen LogP contribution in [0.3, 0.4) is 0 Å². The second-order valence-electron chi connectivity index (χ2n) is 2.98. The summed E-state index contributed by atoms with van der Waals surface area (Å²) in [6.45, 7) is 0. The lowest BCUT2D eigenvalue weighted by Gasteiger charge is -2.12. The Morgan fingerprint density at radius 3 is 2.00 bits per heavy atom. The van der Waals surface area contributed by atoms with Crippen LogP contribution < -0.4 is 11.3 Å². The van der Waals surface area contributed by atoms with Crippen LogP contribution in [0.2, 0.25) is 0 Å². The van der Waals surface area contributed by atoms with Crippen molar-refractivity contribution in [2.45, 2.75) is 18.9 Å². The van der Waals surface area contributed by atoms with E-state index in [-0.39, 0.29) is 0 Å². The number of nitrogens with two attached hydrogens (primary N) is 1. The van der Waals surface area contributed by atoms with Gasteiger partial charge in [0.05, 0.1) is 0 Å². The van der Waals surface area contributed by atoms with Crippen LogP contribution in [-0.4, -0.2) is 6.04 Å². The molecular formula is C7H12N2. The largest absolute Gasteiger partial charge is 0.271 e. The Bertz CT molecular complexity index is 128. The highest BCUT2D eigenvalue weighted by Crippen LogP contribution is 2.38. The minimum Gasteiger partial charge on any atom is -0.271 e. The monoisotopic (exact) mass is 124 g/mol. The molecule has 50 valence electrons. The Labute approximate surface area is 55.1 Å². The summed E-state index contributed by atoms with van der Waals surface area (Å²) < 4.78 is 0. The summed E-state index contributed by atoms with van der Waals surface area (Å²) in [5.74, 6) is 6.84. The fourth-order valence-corrected chi connectivity index (χ4v) is 2.03. The van der Waals surface area contributed by atoms with E-state index >= 15 is 0 Å². The normalized spacial score (nSPS) is 46.6. The van der Waals surface area contributed by atoms with Gasteiger partial charge >= 0.3 is 0 Å². The minimum atomic E-state index is 0.560. The van der Waals surface area contributed by atoms with Crippen molar-refractivity contribution in [2.75, 3.05) is 0 Å². The molecule has 2 bridgehead atoms. The van der Waals surface area contributed by atoms with Crippen molar-refractivity contribution < 1.29 is 0 Å². The van der Waals surface area contributed by atoms with E-state index in [0.717, 1.165) is 11.8 Å². The van der Waals surface area contributed by atoms with E-state index in [1.54, 1.807) is 0 Å². The van der Waals surface area contributed by atoms with Crippen LogP contribution in [0.25, 0.3) is 0 Å². The molecular weight excluding hydrogens is 112 g/mol. The quantitative estimate of drug-likeness (QED) is 0.302. The third-order valence-corrected chi connectivity index (χ3v) is 2.55. The molecule has 2 nitrogen and oxygen atoms in total. The molecule has 0 heterocycles. The van der Waals surface area contributed by atoms with E-state index in [1.165, 1.54) is 12.8 Å². The SMILES string of the molecule is NNC1[C@@H]2C=C[C@@H]1CC2. The van der Waals surface area contributed by atoms with Crippen molar-refractivity contribution in [1.82, 2.24) is 5.43 Å². The van der Waals surface area contributed by atoms with Gasteiger partial charge in [-0.05, 0) is 24.7 Å². The van der Waals surface area contributed by atoms with Gasteiger partial charge in [0.1, 0.15) is 0 Å². The summed E-state index contributed by atoms with van der Waals surface area (Å²) in [5.41, 5.74) is 2.86. The second-order valence-corrected chi connectivity index (χ2v) is 2.98. The number of rotatable bonds is 1. The van der Waals surface area contributed by atoms with Crippen LogP contribution in [0.15, 0.2) is 12.2 Å². The molecule has 0 saturated heterocycles. The summed E-state index contributed by atoms with van der Waals surface area (Å²) in [6.07, 6.45) is 7.24. The summed E-state index contributed by atoms with van der Waals surface area (Å²) in [5, 5.41) is 0. The highest BCUT2D eigenvalue weighted by molar-refractivity contribution is 5.14.